The molecule has 4 aliphatic rings. The maximum Gasteiger partial charge on any atom is 0.170 e. The molecule has 0 aromatic rings. The average molecular weight is 332 g/mol. The van der Waals surface area contributed by atoms with E-state index < -0.39 is 23.0 Å². The molecule has 2 N–H and O–H groups in total. The summed E-state index contributed by atoms with van der Waals surface area (Å²) < 4.78 is 0. The molecular weight excluding hydrogens is 304 g/mol. The first-order chi connectivity index (χ1) is 11.1. The maximum absolute atomic E-state index is 13.1. The Bertz CT molecular complexity index is 650. The minimum absolute atomic E-state index is 0.0438. The Balaban J connectivity index is 1.88. The van der Waals surface area contributed by atoms with Crippen LogP contribution in [0.2, 0.25) is 0 Å². The number of aliphatic hydroxyl groups excluding tert-OH is 2. The Morgan fingerprint density at radius 1 is 1.08 bits per heavy atom. The highest BCUT2D eigenvalue weighted by molar-refractivity contribution is 6.04. The van der Waals surface area contributed by atoms with Crippen molar-refractivity contribution >= 4 is 11.6 Å². The lowest BCUT2D eigenvalue weighted by Gasteiger charge is -2.64. The SMILES string of the molecule is C=C1C(=O)C23C(O)C1CC[C@@H]2[C@]1(C)CCC(=O)C(C)(C)[C@H]1C[C@H]3O. The molecule has 24 heavy (non-hydrogen) atoms. The molecule has 4 nitrogen and oxygen atoms in total. The zero-order valence-electron chi connectivity index (χ0n) is 14.8. The molecule has 132 valence electrons. The van der Waals surface area contributed by atoms with Crippen LogP contribution in [0.3, 0.4) is 0 Å². The quantitative estimate of drug-likeness (QED) is 0.667. The van der Waals surface area contributed by atoms with Crippen molar-refractivity contribution in [2.45, 2.75) is 65.1 Å². The van der Waals surface area contributed by atoms with Crippen LogP contribution in [0, 0.1) is 34.0 Å². The summed E-state index contributed by atoms with van der Waals surface area (Å²) in [6.45, 7) is 10.1. The maximum atomic E-state index is 13.1. The van der Waals surface area contributed by atoms with Gasteiger partial charge in [0, 0.05) is 17.8 Å². The zero-order chi connectivity index (χ0) is 17.7. The van der Waals surface area contributed by atoms with E-state index in [1.54, 1.807) is 0 Å². The third-order valence-corrected chi connectivity index (χ3v) is 8.43. The Kier molecular flexibility index (Phi) is 3.15. The van der Waals surface area contributed by atoms with Crippen molar-refractivity contribution in [3.63, 3.8) is 0 Å². The molecule has 2 bridgehead atoms. The lowest BCUT2D eigenvalue weighted by atomic mass is 9.39. The molecule has 0 saturated heterocycles. The highest BCUT2D eigenvalue weighted by Gasteiger charge is 2.74. The fourth-order valence-corrected chi connectivity index (χ4v) is 7.14. The monoisotopic (exact) mass is 332 g/mol. The summed E-state index contributed by atoms with van der Waals surface area (Å²) in [7, 11) is 0. The zero-order valence-corrected chi connectivity index (χ0v) is 14.8. The predicted molar refractivity (Wildman–Crippen MR) is 89.0 cm³/mol. The van der Waals surface area contributed by atoms with E-state index in [9.17, 15) is 19.8 Å². The minimum atomic E-state index is -1.10. The van der Waals surface area contributed by atoms with E-state index in [4.69, 9.17) is 0 Å². The number of fused-ring (bicyclic) bond motifs is 3. The third-order valence-electron chi connectivity index (χ3n) is 8.43. The van der Waals surface area contributed by atoms with Gasteiger partial charge in [0.15, 0.2) is 5.78 Å². The van der Waals surface area contributed by atoms with Gasteiger partial charge < -0.3 is 10.2 Å². The van der Waals surface area contributed by atoms with Crippen LogP contribution in [0.4, 0.5) is 0 Å². The third kappa shape index (κ3) is 1.53. The predicted octanol–water partition coefficient (Wildman–Crippen LogP) is 2.28. The van der Waals surface area contributed by atoms with E-state index in [0.29, 0.717) is 18.4 Å². The molecule has 3 unspecified atom stereocenters. The van der Waals surface area contributed by atoms with Gasteiger partial charge in [0.1, 0.15) is 5.78 Å². The van der Waals surface area contributed by atoms with Gasteiger partial charge in [-0.25, -0.2) is 0 Å². The summed E-state index contributed by atoms with van der Waals surface area (Å²) in [6, 6.07) is 0. The Morgan fingerprint density at radius 3 is 2.42 bits per heavy atom. The Labute approximate surface area is 143 Å². The van der Waals surface area contributed by atoms with E-state index in [1.165, 1.54) is 0 Å². The van der Waals surface area contributed by atoms with Gasteiger partial charge in [0.25, 0.3) is 0 Å². The lowest BCUT2D eigenvalue weighted by molar-refractivity contribution is -0.222. The van der Waals surface area contributed by atoms with Crippen LogP contribution in [0.15, 0.2) is 12.2 Å². The molecule has 1 spiro atoms. The van der Waals surface area contributed by atoms with E-state index in [1.807, 2.05) is 13.8 Å². The van der Waals surface area contributed by atoms with Crippen LogP contribution < -0.4 is 0 Å². The number of hydrogen-bond acceptors (Lipinski definition) is 4. The second-order valence-corrected chi connectivity index (χ2v) is 9.42. The average Bonchev–Trinajstić information content (AvgIpc) is 2.64. The summed E-state index contributed by atoms with van der Waals surface area (Å²) in [6.07, 6.45) is 1.53. The Morgan fingerprint density at radius 2 is 1.75 bits per heavy atom. The fraction of sp³-hybridized carbons (Fsp3) is 0.800. The van der Waals surface area contributed by atoms with Crippen LogP contribution in [-0.4, -0.2) is 34.0 Å². The standard InChI is InChI=1S/C20H28O4/c1-10-11-5-6-12-19(4)8-7-14(21)18(2,3)13(19)9-15(22)20(12,16(10)23)17(11)24/h11-13,15,17,22,24H,1,5-9H2,2-4H3/t11?,12-,13-,15-,17?,19+,20?/m1/s1. The van der Waals surface area contributed by atoms with Gasteiger partial charge in [0.05, 0.1) is 17.6 Å². The lowest BCUT2D eigenvalue weighted by Crippen LogP contribution is -2.67. The molecule has 0 aliphatic heterocycles. The molecule has 0 radical (unpaired) electrons. The van der Waals surface area contributed by atoms with E-state index in [0.717, 1.165) is 19.3 Å². The van der Waals surface area contributed by atoms with Gasteiger partial charge in [-0.15, -0.1) is 0 Å². The van der Waals surface area contributed by atoms with Gasteiger partial charge in [-0.1, -0.05) is 27.4 Å². The summed E-state index contributed by atoms with van der Waals surface area (Å²) in [5.74, 6) is -0.109. The first-order valence-electron chi connectivity index (χ1n) is 9.22. The summed E-state index contributed by atoms with van der Waals surface area (Å²) in [4.78, 5) is 25.6. The molecule has 0 amide bonds. The first kappa shape index (κ1) is 16.5. The summed E-state index contributed by atoms with van der Waals surface area (Å²) >= 11 is 0. The fourth-order valence-electron chi connectivity index (χ4n) is 7.14. The molecule has 4 fully saturated rings. The van der Waals surface area contributed by atoms with Gasteiger partial charge >= 0.3 is 0 Å². The molecule has 4 heteroatoms. The molecule has 7 atom stereocenters. The smallest absolute Gasteiger partial charge is 0.170 e. The van der Waals surface area contributed by atoms with Crippen LogP contribution in [-0.2, 0) is 9.59 Å². The second-order valence-electron chi connectivity index (χ2n) is 9.42. The summed E-state index contributed by atoms with van der Waals surface area (Å²) in [5.41, 5.74) is -1.29. The van der Waals surface area contributed by atoms with E-state index >= 15 is 0 Å². The number of Topliss-reactive ketones (excluding diaryl/α,β-unsaturated/α-hetero) is 2. The summed E-state index contributed by atoms with van der Waals surface area (Å²) in [5, 5.41) is 22.1. The van der Waals surface area contributed by atoms with Gasteiger partial charge in [-0.05, 0) is 48.5 Å². The topological polar surface area (TPSA) is 74.6 Å². The van der Waals surface area contributed by atoms with Crippen molar-refractivity contribution < 1.29 is 19.8 Å². The van der Waals surface area contributed by atoms with Crippen molar-refractivity contribution in [1.29, 1.82) is 0 Å². The molecule has 4 rings (SSSR count). The molecule has 0 aromatic carbocycles. The number of rotatable bonds is 0. The van der Waals surface area contributed by atoms with Crippen molar-refractivity contribution in [2.75, 3.05) is 0 Å². The molecule has 0 aromatic heterocycles. The van der Waals surface area contributed by atoms with E-state index in [2.05, 4.69) is 13.5 Å². The van der Waals surface area contributed by atoms with Crippen LogP contribution >= 0.6 is 0 Å². The number of carbonyl (C=O) groups excluding carboxylic acids is 2. The second kappa shape index (κ2) is 4.59. The first-order valence-corrected chi connectivity index (χ1v) is 9.22. The minimum Gasteiger partial charge on any atom is -0.392 e. The molecule has 0 heterocycles. The number of hydrogen-bond donors (Lipinski definition) is 2. The van der Waals surface area contributed by atoms with E-state index in [-0.39, 0.29) is 34.7 Å². The molecule has 4 saturated carbocycles. The largest absolute Gasteiger partial charge is 0.392 e. The van der Waals surface area contributed by atoms with Crippen LogP contribution in [0.25, 0.3) is 0 Å². The van der Waals surface area contributed by atoms with Crippen molar-refractivity contribution in [3.05, 3.63) is 12.2 Å². The normalized spacial score (nSPS) is 52.9. The number of aliphatic hydroxyl groups is 2. The highest BCUT2D eigenvalue weighted by atomic mass is 16.3. The van der Waals surface area contributed by atoms with Crippen molar-refractivity contribution in [2.24, 2.45) is 34.0 Å². The van der Waals surface area contributed by atoms with Crippen LogP contribution in [0.1, 0.15) is 52.9 Å². The highest BCUT2D eigenvalue weighted by Crippen LogP contribution is 2.70. The Hall–Kier alpha value is -1.00. The molecule has 4 aliphatic carbocycles. The van der Waals surface area contributed by atoms with Crippen molar-refractivity contribution in [1.82, 2.24) is 0 Å². The van der Waals surface area contributed by atoms with Gasteiger partial charge in [0.2, 0.25) is 0 Å². The van der Waals surface area contributed by atoms with Crippen molar-refractivity contribution in [3.8, 4) is 0 Å². The van der Waals surface area contributed by atoms with Gasteiger partial charge in [-0.3, -0.25) is 9.59 Å². The number of ketones is 2. The number of carbonyl (C=O) groups is 2. The van der Waals surface area contributed by atoms with Gasteiger partial charge in [-0.2, -0.15) is 0 Å². The van der Waals surface area contributed by atoms with Crippen LogP contribution in [0.5, 0.6) is 0 Å². The molecular formula is C20H28O4.